The lowest BCUT2D eigenvalue weighted by Crippen LogP contribution is -2.55. The summed E-state index contributed by atoms with van der Waals surface area (Å²) in [5.74, 6) is -3.56. The van der Waals surface area contributed by atoms with Gasteiger partial charge in [-0.25, -0.2) is 18.4 Å². The molecule has 3 rings (SSSR count). The van der Waals surface area contributed by atoms with Crippen LogP contribution in [0.2, 0.25) is 0 Å². The van der Waals surface area contributed by atoms with Crippen molar-refractivity contribution in [2.75, 3.05) is 25.5 Å². The van der Waals surface area contributed by atoms with Gasteiger partial charge in [-0.3, -0.25) is 15.2 Å². The minimum Gasteiger partial charge on any atom is -0.465 e. The predicted octanol–water partition coefficient (Wildman–Crippen LogP) is 3.41. The van der Waals surface area contributed by atoms with Crippen LogP contribution >= 0.6 is 0 Å². The van der Waals surface area contributed by atoms with Crippen LogP contribution in [0.1, 0.15) is 36.7 Å². The zero-order valence-corrected chi connectivity index (χ0v) is 16.0. The molecule has 8 nitrogen and oxygen atoms in total. The molecule has 0 unspecified atom stereocenters. The average molecular weight is 397 g/mol. The number of halogens is 2. The summed E-state index contributed by atoms with van der Waals surface area (Å²) in [6, 6.07) is 1.59. The van der Waals surface area contributed by atoms with Gasteiger partial charge in [0.2, 0.25) is 5.88 Å². The number of methoxy groups -OCH3 is 1. The number of furan rings is 1. The second-order valence-corrected chi connectivity index (χ2v) is 7.62. The Bertz CT molecular complexity index is 912. The van der Waals surface area contributed by atoms with E-state index < -0.39 is 23.6 Å². The molecule has 1 amide bonds. The Morgan fingerprint density at radius 3 is 2.61 bits per heavy atom. The number of amides is 1. The zero-order chi connectivity index (χ0) is 20.7. The predicted molar refractivity (Wildman–Crippen MR) is 95.4 cm³/mol. The van der Waals surface area contributed by atoms with E-state index in [0.29, 0.717) is 5.56 Å². The summed E-state index contributed by atoms with van der Waals surface area (Å²) in [5, 5.41) is 2.39. The van der Waals surface area contributed by atoms with Crippen LogP contribution in [0.4, 0.5) is 19.5 Å². The van der Waals surface area contributed by atoms with Crippen molar-refractivity contribution in [2.24, 2.45) is 0 Å². The quantitative estimate of drug-likeness (QED) is 0.790. The van der Waals surface area contributed by atoms with Crippen LogP contribution in [0, 0.1) is 0 Å². The molecule has 1 aliphatic rings. The zero-order valence-electron chi connectivity index (χ0n) is 16.0. The number of anilines is 1. The lowest BCUT2D eigenvalue weighted by atomic mass is 10.1. The summed E-state index contributed by atoms with van der Waals surface area (Å²) >= 11 is 0. The second-order valence-electron chi connectivity index (χ2n) is 7.62. The second kappa shape index (κ2) is 7.01. The first-order valence-corrected chi connectivity index (χ1v) is 8.57. The van der Waals surface area contributed by atoms with E-state index in [0.717, 1.165) is 0 Å². The summed E-state index contributed by atoms with van der Waals surface area (Å²) in [7, 11) is 1.19. The van der Waals surface area contributed by atoms with Gasteiger partial charge in [0, 0.05) is 12.7 Å². The molecule has 1 fully saturated rings. The first kappa shape index (κ1) is 20.0. The highest BCUT2D eigenvalue weighted by atomic mass is 19.3. The SMILES string of the molecule is COC(=O)c1c(NC(=O)OC(C)(C)C)oc2cc(CN3CC(F)(F)C3)cnc12. The van der Waals surface area contributed by atoms with Crippen molar-refractivity contribution in [3.05, 3.63) is 23.4 Å². The standard InChI is InChI=1S/C18H21F2N3O5/c1-17(2,3)28-16(25)22-14-12(15(24)26-4)13-11(27-14)5-10(6-21-13)7-23-8-18(19,20)9-23/h5-6H,7-9H2,1-4H3,(H,22,25). The smallest absolute Gasteiger partial charge is 0.414 e. The van der Waals surface area contributed by atoms with Crippen molar-refractivity contribution < 1.29 is 32.3 Å². The number of aromatic nitrogens is 1. The van der Waals surface area contributed by atoms with Gasteiger partial charge in [-0.05, 0) is 32.4 Å². The molecule has 0 atom stereocenters. The number of hydrogen-bond donors (Lipinski definition) is 1. The van der Waals surface area contributed by atoms with Crippen molar-refractivity contribution in [2.45, 2.75) is 38.8 Å². The van der Waals surface area contributed by atoms with Crippen LogP contribution in [0.5, 0.6) is 0 Å². The fourth-order valence-corrected chi connectivity index (χ4v) is 2.86. The molecule has 1 N–H and O–H groups in total. The van der Waals surface area contributed by atoms with Crippen LogP contribution in [0.15, 0.2) is 16.7 Å². The van der Waals surface area contributed by atoms with Crippen LogP contribution in [0.3, 0.4) is 0 Å². The number of nitrogens with one attached hydrogen (secondary N) is 1. The highest BCUT2D eigenvalue weighted by Gasteiger charge is 2.43. The third-order valence-electron chi connectivity index (χ3n) is 3.91. The van der Waals surface area contributed by atoms with Crippen molar-refractivity contribution in [1.82, 2.24) is 9.88 Å². The largest absolute Gasteiger partial charge is 0.465 e. The number of rotatable bonds is 4. The fourth-order valence-electron chi connectivity index (χ4n) is 2.86. The number of pyridine rings is 1. The van der Waals surface area contributed by atoms with E-state index in [1.807, 2.05) is 0 Å². The number of likely N-dealkylation sites (tertiary alicyclic amines) is 1. The van der Waals surface area contributed by atoms with Crippen molar-refractivity contribution >= 4 is 29.0 Å². The average Bonchev–Trinajstić information content (AvgIpc) is 2.87. The van der Waals surface area contributed by atoms with Gasteiger partial charge in [0.1, 0.15) is 16.7 Å². The molecule has 0 saturated carbocycles. The van der Waals surface area contributed by atoms with Gasteiger partial charge < -0.3 is 13.9 Å². The van der Waals surface area contributed by atoms with E-state index in [9.17, 15) is 18.4 Å². The third-order valence-corrected chi connectivity index (χ3v) is 3.91. The molecule has 0 bridgehead atoms. The molecule has 2 aromatic heterocycles. The number of fused-ring (bicyclic) bond motifs is 1. The van der Waals surface area contributed by atoms with Crippen molar-refractivity contribution in [3.63, 3.8) is 0 Å². The highest BCUT2D eigenvalue weighted by Crippen LogP contribution is 2.32. The molecule has 10 heteroatoms. The highest BCUT2D eigenvalue weighted by molar-refractivity contribution is 6.08. The van der Waals surface area contributed by atoms with E-state index in [4.69, 9.17) is 13.9 Å². The van der Waals surface area contributed by atoms with E-state index in [1.165, 1.54) is 13.3 Å². The topological polar surface area (TPSA) is 93.9 Å². The summed E-state index contributed by atoms with van der Waals surface area (Å²) in [4.78, 5) is 30.0. The molecule has 1 saturated heterocycles. The van der Waals surface area contributed by atoms with Crippen LogP contribution in [0.25, 0.3) is 11.1 Å². The first-order chi connectivity index (χ1) is 13.0. The van der Waals surface area contributed by atoms with E-state index >= 15 is 0 Å². The first-order valence-electron chi connectivity index (χ1n) is 8.57. The summed E-state index contributed by atoms with van der Waals surface area (Å²) in [6.07, 6.45) is 0.664. The maximum atomic E-state index is 13.0. The van der Waals surface area contributed by atoms with Gasteiger partial charge in [-0.2, -0.15) is 0 Å². The summed E-state index contributed by atoms with van der Waals surface area (Å²) < 4.78 is 41.5. The molecule has 2 aromatic rings. The molecule has 3 heterocycles. The van der Waals surface area contributed by atoms with Crippen LogP contribution in [-0.2, 0) is 16.0 Å². The molecule has 0 aliphatic carbocycles. The molecule has 28 heavy (non-hydrogen) atoms. The van der Waals surface area contributed by atoms with Gasteiger partial charge in [0.15, 0.2) is 5.58 Å². The van der Waals surface area contributed by atoms with Crippen LogP contribution < -0.4 is 5.32 Å². The molecular formula is C18H21F2N3O5. The minimum absolute atomic E-state index is 0.0506. The molecule has 0 aromatic carbocycles. The van der Waals surface area contributed by atoms with E-state index in [-0.39, 0.29) is 42.2 Å². The monoisotopic (exact) mass is 397 g/mol. The number of carbonyl (C=O) groups is 2. The van der Waals surface area contributed by atoms with Crippen molar-refractivity contribution in [1.29, 1.82) is 0 Å². The van der Waals surface area contributed by atoms with E-state index in [1.54, 1.807) is 31.7 Å². The van der Waals surface area contributed by atoms with Gasteiger partial charge in [0.05, 0.1) is 20.2 Å². The van der Waals surface area contributed by atoms with Gasteiger partial charge in [-0.15, -0.1) is 0 Å². The molecule has 152 valence electrons. The number of alkyl halides is 2. The number of esters is 1. The van der Waals surface area contributed by atoms with Gasteiger partial charge in [-0.1, -0.05) is 0 Å². The number of carbonyl (C=O) groups excluding carboxylic acids is 2. The minimum atomic E-state index is -2.66. The molecule has 0 radical (unpaired) electrons. The summed E-state index contributed by atoms with van der Waals surface area (Å²) in [5.41, 5.74) is 0.251. The Labute approximate surface area is 159 Å². The lowest BCUT2D eigenvalue weighted by molar-refractivity contribution is -0.133. The van der Waals surface area contributed by atoms with Gasteiger partial charge >= 0.3 is 12.1 Å². The third kappa shape index (κ3) is 4.38. The lowest BCUT2D eigenvalue weighted by Gasteiger charge is -2.38. The van der Waals surface area contributed by atoms with Crippen molar-refractivity contribution in [3.8, 4) is 0 Å². The normalized spacial score (nSPS) is 16.5. The van der Waals surface area contributed by atoms with E-state index in [2.05, 4.69) is 10.3 Å². The Morgan fingerprint density at radius 2 is 2.04 bits per heavy atom. The molecule has 0 spiro atoms. The molecular weight excluding hydrogens is 376 g/mol. The molecule has 1 aliphatic heterocycles. The number of hydrogen-bond acceptors (Lipinski definition) is 7. The Morgan fingerprint density at radius 1 is 1.36 bits per heavy atom. The Balaban J connectivity index is 1.87. The summed E-state index contributed by atoms with van der Waals surface area (Å²) in [6.45, 7) is 4.71. The maximum absolute atomic E-state index is 13.0. The maximum Gasteiger partial charge on any atom is 0.414 e. The van der Waals surface area contributed by atoms with Crippen LogP contribution in [-0.4, -0.2) is 53.7 Å². The number of nitrogens with zero attached hydrogens (tertiary/aromatic N) is 2. The Hall–Kier alpha value is -2.75. The fraction of sp³-hybridized carbons (Fsp3) is 0.500. The Kier molecular flexibility index (Phi) is 5.00. The number of ether oxygens (including phenoxy) is 2. The van der Waals surface area contributed by atoms with Gasteiger partial charge in [0.25, 0.3) is 5.92 Å².